The van der Waals surface area contributed by atoms with E-state index in [0.29, 0.717) is 23.6 Å². The number of nitrogens with one attached hydrogen (secondary N) is 1. The standard InChI is InChI=1S/C13H16ClN2O3PS/c1-9-8-21-12(16-9)5-6-15-13(20(17,18)19)10-3-2-4-11(14)7-10/h2-4,7-8,13,15H,5-6H2,1H3,(H2,17,18,19)/t13-/m1/s1. The maximum Gasteiger partial charge on any atom is 0.346 e. The van der Waals surface area contributed by atoms with Crippen molar-refractivity contribution in [3.8, 4) is 0 Å². The fourth-order valence-electron chi connectivity index (χ4n) is 1.94. The van der Waals surface area contributed by atoms with Crippen LogP contribution in [0.15, 0.2) is 29.6 Å². The quantitative estimate of drug-likeness (QED) is 0.700. The second-order valence-electron chi connectivity index (χ2n) is 4.63. The summed E-state index contributed by atoms with van der Waals surface area (Å²) in [6.45, 7) is 2.34. The molecule has 1 atom stereocenters. The Balaban J connectivity index is 2.06. The predicted octanol–water partition coefficient (Wildman–Crippen LogP) is 3.11. The Bertz CT molecular complexity index is 658. The van der Waals surface area contributed by atoms with E-state index in [1.165, 1.54) is 0 Å². The molecule has 5 nitrogen and oxygen atoms in total. The van der Waals surface area contributed by atoms with Gasteiger partial charge < -0.3 is 9.79 Å². The highest BCUT2D eigenvalue weighted by molar-refractivity contribution is 7.52. The van der Waals surface area contributed by atoms with Crippen molar-refractivity contribution >= 4 is 30.5 Å². The third-order valence-electron chi connectivity index (χ3n) is 2.84. The molecule has 0 saturated carbocycles. The van der Waals surface area contributed by atoms with Crippen molar-refractivity contribution in [3.63, 3.8) is 0 Å². The van der Waals surface area contributed by atoms with Crippen LogP contribution in [0.3, 0.4) is 0 Å². The predicted molar refractivity (Wildman–Crippen MR) is 84.8 cm³/mol. The third-order valence-corrected chi connectivity index (χ3v) is 5.26. The molecular formula is C13H16ClN2O3PS. The molecule has 0 saturated heterocycles. The van der Waals surface area contributed by atoms with Gasteiger partial charge in [-0.3, -0.25) is 9.88 Å². The summed E-state index contributed by atoms with van der Waals surface area (Å²) in [6.07, 6.45) is 0.621. The molecule has 0 aliphatic rings. The Morgan fingerprint density at radius 1 is 1.48 bits per heavy atom. The average Bonchev–Trinajstić information content (AvgIpc) is 2.79. The Labute approximate surface area is 132 Å². The van der Waals surface area contributed by atoms with Crippen molar-refractivity contribution in [3.05, 3.63) is 50.9 Å². The first-order valence-corrected chi connectivity index (χ1v) is 9.25. The van der Waals surface area contributed by atoms with E-state index in [2.05, 4.69) is 10.3 Å². The highest BCUT2D eigenvalue weighted by atomic mass is 35.5. The van der Waals surface area contributed by atoms with Crippen molar-refractivity contribution in [1.29, 1.82) is 0 Å². The Morgan fingerprint density at radius 2 is 2.24 bits per heavy atom. The van der Waals surface area contributed by atoms with E-state index in [4.69, 9.17) is 11.6 Å². The van der Waals surface area contributed by atoms with Gasteiger partial charge in [-0.25, -0.2) is 4.98 Å². The minimum Gasteiger partial charge on any atom is -0.323 e. The molecule has 0 bridgehead atoms. The fraction of sp³-hybridized carbons (Fsp3) is 0.308. The highest BCUT2D eigenvalue weighted by Gasteiger charge is 2.29. The topological polar surface area (TPSA) is 82.5 Å². The summed E-state index contributed by atoms with van der Waals surface area (Å²) in [7, 11) is -4.32. The molecule has 1 heterocycles. The van der Waals surface area contributed by atoms with E-state index in [-0.39, 0.29) is 0 Å². The van der Waals surface area contributed by atoms with Gasteiger partial charge in [0.1, 0.15) is 5.78 Å². The lowest BCUT2D eigenvalue weighted by Crippen LogP contribution is -2.24. The summed E-state index contributed by atoms with van der Waals surface area (Å²) in [5.74, 6) is -1.06. The number of halogens is 1. The second kappa shape index (κ2) is 7.01. The number of aromatic nitrogens is 1. The van der Waals surface area contributed by atoms with E-state index in [0.717, 1.165) is 10.7 Å². The zero-order valence-corrected chi connectivity index (χ0v) is 13.8. The molecule has 0 aliphatic heterocycles. The molecule has 21 heavy (non-hydrogen) atoms. The third kappa shape index (κ3) is 4.88. The van der Waals surface area contributed by atoms with E-state index in [9.17, 15) is 14.4 Å². The molecule has 3 N–H and O–H groups in total. The van der Waals surface area contributed by atoms with Crippen molar-refractivity contribution in [2.45, 2.75) is 19.1 Å². The number of nitrogens with zero attached hydrogens (tertiary/aromatic N) is 1. The highest BCUT2D eigenvalue weighted by Crippen LogP contribution is 2.50. The molecule has 0 aliphatic carbocycles. The molecule has 0 radical (unpaired) electrons. The summed E-state index contributed by atoms with van der Waals surface area (Å²) >= 11 is 7.42. The lowest BCUT2D eigenvalue weighted by atomic mass is 10.2. The Morgan fingerprint density at radius 3 is 2.81 bits per heavy atom. The van der Waals surface area contributed by atoms with Gasteiger partial charge in [-0.15, -0.1) is 11.3 Å². The largest absolute Gasteiger partial charge is 0.346 e. The van der Waals surface area contributed by atoms with Gasteiger partial charge in [0, 0.05) is 29.1 Å². The van der Waals surface area contributed by atoms with Gasteiger partial charge in [-0.2, -0.15) is 0 Å². The van der Waals surface area contributed by atoms with Gasteiger partial charge in [0.05, 0.1) is 5.01 Å². The summed E-state index contributed by atoms with van der Waals surface area (Å²) in [4.78, 5) is 23.4. The van der Waals surface area contributed by atoms with Crippen molar-refractivity contribution in [2.24, 2.45) is 0 Å². The van der Waals surface area contributed by atoms with Crippen LogP contribution in [0, 0.1) is 6.92 Å². The lowest BCUT2D eigenvalue weighted by molar-refractivity contribution is 0.348. The SMILES string of the molecule is Cc1csc(CCN[C@@H](c2cccc(Cl)c2)P(=O)(O)O)n1. The molecule has 0 unspecified atom stereocenters. The van der Waals surface area contributed by atoms with Gasteiger partial charge in [-0.1, -0.05) is 23.7 Å². The zero-order valence-electron chi connectivity index (χ0n) is 11.4. The van der Waals surface area contributed by atoms with E-state index in [1.807, 2.05) is 12.3 Å². The van der Waals surface area contributed by atoms with E-state index < -0.39 is 13.4 Å². The van der Waals surface area contributed by atoms with E-state index >= 15 is 0 Å². The number of rotatable bonds is 6. The monoisotopic (exact) mass is 346 g/mol. The first kappa shape index (κ1) is 16.6. The van der Waals surface area contributed by atoms with Crippen LogP contribution < -0.4 is 5.32 Å². The van der Waals surface area contributed by atoms with Crippen LogP contribution >= 0.6 is 30.5 Å². The number of thiazole rings is 1. The smallest absolute Gasteiger partial charge is 0.323 e. The maximum absolute atomic E-state index is 11.7. The molecule has 114 valence electrons. The minimum absolute atomic E-state index is 0.426. The molecule has 1 aromatic carbocycles. The van der Waals surface area contributed by atoms with Crippen molar-refractivity contribution < 1.29 is 14.4 Å². The van der Waals surface area contributed by atoms with Crippen LogP contribution in [-0.2, 0) is 11.0 Å². The van der Waals surface area contributed by atoms with Crippen molar-refractivity contribution in [1.82, 2.24) is 10.3 Å². The fourth-order valence-corrected chi connectivity index (χ4v) is 3.83. The van der Waals surface area contributed by atoms with Gasteiger partial charge >= 0.3 is 7.60 Å². The van der Waals surface area contributed by atoms with Crippen LogP contribution in [0.5, 0.6) is 0 Å². The van der Waals surface area contributed by atoms with Gasteiger partial charge in [-0.05, 0) is 24.6 Å². The number of hydrogen-bond donors (Lipinski definition) is 3. The molecule has 2 aromatic rings. The second-order valence-corrected chi connectivity index (χ2v) is 7.71. The lowest BCUT2D eigenvalue weighted by Gasteiger charge is -2.20. The first-order chi connectivity index (χ1) is 9.86. The van der Waals surface area contributed by atoms with Crippen LogP contribution in [0.4, 0.5) is 0 Å². The van der Waals surface area contributed by atoms with Crippen LogP contribution in [0.2, 0.25) is 5.02 Å². The number of benzene rings is 1. The first-order valence-electron chi connectivity index (χ1n) is 6.31. The number of hydrogen-bond acceptors (Lipinski definition) is 4. The Kier molecular flexibility index (Phi) is 5.54. The van der Waals surface area contributed by atoms with Crippen LogP contribution in [-0.4, -0.2) is 21.3 Å². The zero-order chi connectivity index (χ0) is 15.5. The summed E-state index contributed by atoms with van der Waals surface area (Å²) in [5, 5.41) is 6.24. The van der Waals surface area contributed by atoms with E-state index in [1.54, 1.807) is 35.6 Å². The Hall–Kier alpha value is -0.750. The van der Waals surface area contributed by atoms with Gasteiger partial charge in [0.25, 0.3) is 0 Å². The molecule has 0 amide bonds. The van der Waals surface area contributed by atoms with Crippen molar-refractivity contribution in [2.75, 3.05) is 6.54 Å². The number of aryl methyl sites for hydroxylation is 1. The average molecular weight is 347 g/mol. The molecule has 8 heteroatoms. The molecule has 0 fully saturated rings. The maximum atomic E-state index is 11.7. The summed E-state index contributed by atoms with van der Waals surface area (Å²) < 4.78 is 11.7. The van der Waals surface area contributed by atoms with Gasteiger partial charge in [0.2, 0.25) is 0 Å². The summed E-state index contributed by atoms with van der Waals surface area (Å²) in [6, 6.07) is 6.55. The molecule has 2 rings (SSSR count). The molecule has 1 aromatic heterocycles. The molecular weight excluding hydrogens is 331 g/mol. The normalized spacial score (nSPS) is 13.3. The van der Waals surface area contributed by atoms with Crippen LogP contribution in [0.25, 0.3) is 0 Å². The molecule has 0 spiro atoms. The van der Waals surface area contributed by atoms with Gasteiger partial charge in [0.15, 0.2) is 0 Å². The minimum atomic E-state index is -4.32. The van der Waals surface area contributed by atoms with Crippen LogP contribution in [0.1, 0.15) is 22.0 Å². The summed E-state index contributed by atoms with van der Waals surface area (Å²) in [5.41, 5.74) is 1.43.